The number of hydrazone groups is 1. The molecule has 0 N–H and O–H groups in total. The molecule has 6 rings (SSSR count). The molecular formula is C32H26ClN5O5. The summed E-state index contributed by atoms with van der Waals surface area (Å²) >= 11 is 6.10. The van der Waals surface area contributed by atoms with E-state index in [4.69, 9.17) is 16.3 Å². The molecule has 3 heterocycles. The van der Waals surface area contributed by atoms with Crippen molar-refractivity contribution in [1.29, 1.82) is 0 Å². The molecule has 3 aromatic carbocycles. The number of Topliss-reactive ketones (excluding diaryl/α,β-unsaturated/α-hetero) is 1. The fraction of sp³-hybridized carbons (Fsp3) is 0.188. The zero-order valence-electron chi connectivity index (χ0n) is 23.5. The van der Waals surface area contributed by atoms with Gasteiger partial charge in [0.25, 0.3) is 5.91 Å². The van der Waals surface area contributed by atoms with Gasteiger partial charge in [-0.25, -0.2) is 14.4 Å². The molecule has 0 saturated carbocycles. The molecule has 2 atom stereocenters. The molecule has 216 valence electrons. The van der Waals surface area contributed by atoms with E-state index in [2.05, 4.69) is 10.2 Å². The Bertz CT molecular complexity index is 1800. The van der Waals surface area contributed by atoms with Gasteiger partial charge in [0.15, 0.2) is 5.69 Å². The van der Waals surface area contributed by atoms with Crippen LogP contribution in [0.4, 0.5) is 11.4 Å². The number of imide groups is 1. The number of amides is 2. The fourth-order valence-electron chi connectivity index (χ4n) is 5.42. The Balaban J connectivity index is 1.50. The summed E-state index contributed by atoms with van der Waals surface area (Å²) in [6.45, 7) is 5.32. The van der Waals surface area contributed by atoms with E-state index in [0.29, 0.717) is 27.8 Å². The van der Waals surface area contributed by atoms with E-state index in [1.165, 1.54) is 9.69 Å². The van der Waals surface area contributed by atoms with Crippen LogP contribution in [0.5, 0.6) is 0 Å². The Hall–Kier alpha value is -5.09. The third-order valence-electron chi connectivity index (χ3n) is 7.48. The van der Waals surface area contributed by atoms with E-state index in [1.807, 2.05) is 31.2 Å². The number of esters is 1. The number of ketones is 1. The predicted molar refractivity (Wildman–Crippen MR) is 161 cm³/mol. The molecule has 1 saturated heterocycles. The van der Waals surface area contributed by atoms with Crippen LogP contribution in [0.2, 0.25) is 5.02 Å². The van der Waals surface area contributed by atoms with E-state index < -0.39 is 35.5 Å². The number of nitrogens with zero attached hydrogens (tertiary/aromatic N) is 5. The van der Waals surface area contributed by atoms with Gasteiger partial charge in [0.1, 0.15) is 17.7 Å². The fourth-order valence-corrected chi connectivity index (χ4v) is 5.55. The van der Waals surface area contributed by atoms with E-state index in [1.54, 1.807) is 68.4 Å². The lowest BCUT2D eigenvalue weighted by Gasteiger charge is -2.22. The summed E-state index contributed by atoms with van der Waals surface area (Å²) in [5, 5.41) is 10.9. The zero-order valence-corrected chi connectivity index (χ0v) is 24.3. The summed E-state index contributed by atoms with van der Waals surface area (Å²) in [5.41, 5.74) is 2.44. The number of anilines is 2. The summed E-state index contributed by atoms with van der Waals surface area (Å²) in [7, 11) is 0. The number of ether oxygens (including phenoxy) is 1. The lowest BCUT2D eigenvalue weighted by atomic mass is 9.91. The van der Waals surface area contributed by atoms with Crippen molar-refractivity contribution in [2.45, 2.75) is 26.8 Å². The SMILES string of the molecule is CCOC(=O)c1nn(-c2ccc(C)cc2)c(C)c1C(=O)C1=NN(c2ccc(Cl)cc2)[C@H]2C(=O)N(c3ccccc3)C(=O)[C@@H]12. The lowest BCUT2D eigenvalue weighted by Crippen LogP contribution is -2.39. The van der Waals surface area contributed by atoms with Crippen molar-refractivity contribution in [2.24, 2.45) is 11.0 Å². The first-order valence-corrected chi connectivity index (χ1v) is 14.0. The van der Waals surface area contributed by atoms with Gasteiger partial charge in [-0.15, -0.1) is 0 Å². The van der Waals surface area contributed by atoms with Crippen molar-refractivity contribution in [2.75, 3.05) is 16.5 Å². The summed E-state index contributed by atoms with van der Waals surface area (Å²) in [4.78, 5) is 56.4. The van der Waals surface area contributed by atoms with Crippen molar-refractivity contribution in [1.82, 2.24) is 9.78 Å². The molecule has 0 aliphatic carbocycles. The van der Waals surface area contributed by atoms with Crippen molar-refractivity contribution >= 4 is 52.3 Å². The molecule has 1 aromatic heterocycles. The third-order valence-corrected chi connectivity index (χ3v) is 7.73. The average molecular weight is 596 g/mol. The highest BCUT2D eigenvalue weighted by atomic mass is 35.5. The minimum absolute atomic E-state index is 0.0482. The van der Waals surface area contributed by atoms with Crippen LogP contribution in [0.3, 0.4) is 0 Å². The molecule has 0 spiro atoms. The van der Waals surface area contributed by atoms with Gasteiger partial charge in [-0.05, 0) is 69.3 Å². The maximum atomic E-state index is 14.4. The molecule has 2 amide bonds. The molecule has 0 radical (unpaired) electrons. The second-order valence-corrected chi connectivity index (χ2v) is 10.6. The molecule has 43 heavy (non-hydrogen) atoms. The number of benzene rings is 3. The lowest BCUT2D eigenvalue weighted by molar-refractivity contribution is -0.121. The number of carbonyl (C=O) groups is 4. The number of para-hydroxylation sites is 1. The molecule has 0 bridgehead atoms. The molecule has 4 aromatic rings. The van der Waals surface area contributed by atoms with Crippen molar-refractivity contribution < 1.29 is 23.9 Å². The highest BCUT2D eigenvalue weighted by Crippen LogP contribution is 2.39. The van der Waals surface area contributed by atoms with E-state index >= 15 is 0 Å². The number of hydrogen-bond acceptors (Lipinski definition) is 8. The van der Waals surface area contributed by atoms with E-state index in [0.717, 1.165) is 10.5 Å². The molecular weight excluding hydrogens is 570 g/mol. The second kappa shape index (κ2) is 11.0. The Morgan fingerprint density at radius 1 is 0.860 bits per heavy atom. The average Bonchev–Trinajstić information content (AvgIpc) is 3.64. The number of aryl methyl sites for hydroxylation is 1. The topological polar surface area (TPSA) is 114 Å². The van der Waals surface area contributed by atoms with Crippen LogP contribution in [0.25, 0.3) is 5.69 Å². The Kier molecular flexibility index (Phi) is 7.15. The monoisotopic (exact) mass is 595 g/mol. The molecule has 11 heteroatoms. The second-order valence-electron chi connectivity index (χ2n) is 10.2. The predicted octanol–water partition coefficient (Wildman–Crippen LogP) is 4.94. The Labute approximate surface area is 252 Å². The number of halogens is 1. The van der Waals surface area contributed by atoms with Crippen molar-refractivity contribution in [3.05, 3.63) is 106 Å². The minimum Gasteiger partial charge on any atom is -0.461 e. The number of carbonyl (C=O) groups excluding carboxylic acids is 4. The van der Waals surface area contributed by atoms with Gasteiger partial charge >= 0.3 is 5.97 Å². The van der Waals surface area contributed by atoms with Crippen LogP contribution in [-0.4, -0.2) is 51.7 Å². The maximum Gasteiger partial charge on any atom is 0.359 e. The van der Waals surface area contributed by atoms with E-state index in [-0.39, 0.29) is 23.6 Å². The highest BCUT2D eigenvalue weighted by Gasteiger charge is 2.59. The summed E-state index contributed by atoms with van der Waals surface area (Å²) in [6, 6.07) is 21.4. The van der Waals surface area contributed by atoms with Crippen molar-refractivity contribution in [3.63, 3.8) is 0 Å². The van der Waals surface area contributed by atoms with Crippen LogP contribution < -0.4 is 9.91 Å². The van der Waals surface area contributed by atoms with Crippen LogP contribution >= 0.6 is 11.6 Å². The number of hydrogen-bond donors (Lipinski definition) is 0. The Morgan fingerprint density at radius 2 is 1.51 bits per heavy atom. The molecule has 10 nitrogen and oxygen atoms in total. The normalized spacial score (nSPS) is 17.7. The van der Waals surface area contributed by atoms with Crippen molar-refractivity contribution in [3.8, 4) is 5.69 Å². The summed E-state index contributed by atoms with van der Waals surface area (Å²) in [6.07, 6.45) is 0. The smallest absolute Gasteiger partial charge is 0.359 e. The molecule has 2 aliphatic rings. The van der Waals surface area contributed by atoms with Gasteiger partial charge in [0, 0.05) is 5.02 Å². The molecule has 2 aliphatic heterocycles. The van der Waals surface area contributed by atoms with E-state index in [9.17, 15) is 19.2 Å². The first kappa shape index (κ1) is 28.0. The van der Waals surface area contributed by atoms with Gasteiger partial charge < -0.3 is 4.74 Å². The third kappa shape index (κ3) is 4.69. The highest BCUT2D eigenvalue weighted by molar-refractivity contribution is 6.54. The van der Waals surface area contributed by atoms with Gasteiger partial charge in [0.05, 0.1) is 34.9 Å². The number of fused-ring (bicyclic) bond motifs is 1. The zero-order chi connectivity index (χ0) is 30.4. The minimum atomic E-state index is -1.23. The van der Waals surface area contributed by atoms with Gasteiger partial charge in [-0.2, -0.15) is 10.2 Å². The van der Waals surface area contributed by atoms with Crippen LogP contribution in [-0.2, 0) is 14.3 Å². The first-order chi connectivity index (χ1) is 20.7. The van der Waals surface area contributed by atoms with Gasteiger partial charge in [0.2, 0.25) is 11.7 Å². The maximum absolute atomic E-state index is 14.4. The largest absolute Gasteiger partial charge is 0.461 e. The van der Waals surface area contributed by atoms with Gasteiger partial charge in [-0.1, -0.05) is 47.5 Å². The number of rotatable bonds is 7. The summed E-state index contributed by atoms with van der Waals surface area (Å²) < 4.78 is 6.73. The molecule has 0 unspecified atom stereocenters. The van der Waals surface area contributed by atoms with Gasteiger partial charge in [-0.3, -0.25) is 19.4 Å². The molecule has 1 fully saturated rings. The number of aromatic nitrogens is 2. The quantitative estimate of drug-likeness (QED) is 0.169. The summed E-state index contributed by atoms with van der Waals surface area (Å²) in [5.74, 6) is -3.83. The van der Waals surface area contributed by atoms with Crippen LogP contribution in [0.15, 0.2) is 84.0 Å². The first-order valence-electron chi connectivity index (χ1n) is 13.7. The van der Waals surface area contributed by atoms with Crippen LogP contribution in [0.1, 0.15) is 39.0 Å². The Morgan fingerprint density at radius 3 is 2.16 bits per heavy atom. The standard InChI is InChI=1S/C32H26ClN5O5/c1-4-43-32(42)27-24(19(3)37(35-27)22-14-10-18(2)11-15-22)29(39)26-25-28(38(34-26)23-16-12-20(33)13-17-23)31(41)36(30(25)40)21-8-6-5-7-9-21/h5-17,25,28H,4H2,1-3H3/t25-,28+/m0/s1. The van der Waals surface area contributed by atoms with Crippen LogP contribution in [0, 0.1) is 19.8 Å².